The minimum atomic E-state index is 0.499. The van der Waals surface area contributed by atoms with Crippen molar-refractivity contribution in [1.29, 1.82) is 0 Å². The first-order chi connectivity index (χ1) is 10.2. The number of rotatable bonds is 4. The first kappa shape index (κ1) is 13.1. The molecule has 21 heavy (non-hydrogen) atoms. The second kappa shape index (κ2) is 5.00. The average Bonchev–Trinajstić information content (AvgIpc) is 2.39. The first-order valence-electron chi connectivity index (χ1n) is 7.67. The molecule has 0 saturated carbocycles. The lowest BCUT2D eigenvalue weighted by Gasteiger charge is -2.55. The predicted molar refractivity (Wildman–Crippen MR) is 83.9 cm³/mol. The van der Waals surface area contributed by atoms with Gasteiger partial charge < -0.3 is 9.47 Å². The van der Waals surface area contributed by atoms with Gasteiger partial charge in [-0.15, -0.1) is 0 Å². The molecule has 2 aromatic carbocycles. The highest BCUT2D eigenvalue weighted by Gasteiger charge is 2.48. The van der Waals surface area contributed by atoms with Gasteiger partial charge in [0.05, 0.1) is 13.2 Å². The van der Waals surface area contributed by atoms with Gasteiger partial charge in [0, 0.05) is 25.0 Å². The standard InChI is InChI=1S/C18H21NO2/c1-14-8-15-4-2-3-5-16(15)9-17(14)21-7-6-19-10-18(11-19)12-20-13-18/h2-5,8-9H,6-7,10-13H2,1H3. The first-order valence-corrected chi connectivity index (χ1v) is 7.67. The highest BCUT2D eigenvalue weighted by atomic mass is 16.5. The zero-order valence-corrected chi connectivity index (χ0v) is 12.5. The van der Waals surface area contributed by atoms with Crippen molar-refractivity contribution in [3.63, 3.8) is 0 Å². The smallest absolute Gasteiger partial charge is 0.122 e. The van der Waals surface area contributed by atoms with E-state index in [1.165, 1.54) is 29.4 Å². The highest BCUT2D eigenvalue weighted by Crippen LogP contribution is 2.37. The maximum absolute atomic E-state index is 6.00. The SMILES string of the molecule is Cc1cc2ccccc2cc1OCCN1CC2(COC2)C1. The Balaban J connectivity index is 1.35. The van der Waals surface area contributed by atoms with Crippen molar-refractivity contribution in [3.05, 3.63) is 42.0 Å². The van der Waals surface area contributed by atoms with Crippen LogP contribution in [-0.4, -0.2) is 44.4 Å². The molecule has 3 nitrogen and oxygen atoms in total. The van der Waals surface area contributed by atoms with Gasteiger partial charge >= 0.3 is 0 Å². The van der Waals surface area contributed by atoms with Crippen LogP contribution in [0.15, 0.2) is 36.4 Å². The van der Waals surface area contributed by atoms with Crippen LogP contribution in [0.4, 0.5) is 0 Å². The quantitative estimate of drug-likeness (QED) is 0.861. The number of ether oxygens (including phenoxy) is 2. The largest absolute Gasteiger partial charge is 0.492 e. The summed E-state index contributed by atoms with van der Waals surface area (Å²) < 4.78 is 11.3. The Morgan fingerprint density at radius 2 is 1.86 bits per heavy atom. The Hall–Kier alpha value is -1.58. The Morgan fingerprint density at radius 1 is 1.14 bits per heavy atom. The van der Waals surface area contributed by atoms with Crippen molar-refractivity contribution in [3.8, 4) is 5.75 Å². The fraction of sp³-hybridized carbons (Fsp3) is 0.444. The third-order valence-corrected chi connectivity index (χ3v) is 4.64. The van der Waals surface area contributed by atoms with E-state index in [0.717, 1.165) is 32.1 Å². The second-order valence-electron chi connectivity index (χ2n) is 6.52. The van der Waals surface area contributed by atoms with Crippen LogP contribution in [0.3, 0.4) is 0 Å². The van der Waals surface area contributed by atoms with E-state index < -0.39 is 0 Å². The van der Waals surface area contributed by atoms with E-state index in [4.69, 9.17) is 9.47 Å². The summed E-state index contributed by atoms with van der Waals surface area (Å²) in [7, 11) is 0. The Labute approximate surface area is 125 Å². The summed E-state index contributed by atoms with van der Waals surface area (Å²) in [6.07, 6.45) is 0. The van der Waals surface area contributed by atoms with Gasteiger partial charge in [-0.3, -0.25) is 4.90 Å². The highest BCUT2D eigenvalue weighted by molar-refractivity contribution is 5.84. The minimum Gasteiger partial charge on any atom is -0.492 e. The van der Waals surface area contributed by atoms with E-state index in [1.54, 1.807) is 0 Å². The summed E-state index contributed by atoms with van der Waals surface area (Å²) in [6, 6.07) is 12.8. The molecule has 0 bridgehead atoms. The van der Waals surface area contributed by atoms with E-state index in [1.807, 2.05) is 0 Å². The molecule has 0 aliphatic carbocycles. The van der Waals surface area contributed by atoms with Crippen molar-refractivity contribution in [2.45, 2.75) is 6.92 Å². The van der Waals surface area contributed by atoms with E-state index in [0.29, 0.717) is 5.41 Å². The number of benzene rings is 2. The van der Waals surface area contributed by atoms with E-state index >= 15 is 0 Å². The third kappa shape index (κ3) is 2.41. The van der Waals surface area contributed by atoms with Gasteiger partial charge in [-0.25, -0.2) is 0 Å². The number of aryl methyl sites for hydroxylation is 1. The molecule has 2 fully saturated rings. The lowest BCUT2D eigenvalue weighted by molar-refractivity contribution is -0.189. The van der Waals surface area contributed by atoms with Crippen LogP contribution in [0, 0.1) is 12.3 Å². The third-order valence-electron chi connectivity index (χ3n) is 4.64. The topological polar surface area (TPSA) is 21.7 Å². The molecule has 0 amide bonds. The molecule has 2 aromatic rings. The molecule has 110 valence electrons. The van der Waals surface area contributed by atoms with Crippen LogP contribution >= 0.6 is 0 Å². The Bertz CT molecular complexity index is 655. The minimum absolute atomic E-state index is 0.499. The summed E-state index contributed by atoms with van der Waals surface area (Å²) >= 11 is 0. The zero-order chi connectivity index (χ0) is 14.3. The molecule has 1 spiro atoms. The molecule has 2 aliphatic heterocycles. The molecule has 0 radical (unpaired) electrons. The van der Waals surface area contributed by atoms with Gasteiger partial charge in [-0.2, -0.15) is 0 Å². The van der Waals surface area contributed by atoms with Crippen LogP contribution in [0.1, 0.15) is 5.56 Å². The summed E-state index contributed by atoms with van der Waals surface area (Å²) in [5, 5.41) is 2.52. The fourth-order valence-corrected chi connectivity index (χ4v) is 3.41. The van der Waals surface area contributed by atoms with Gasteiger partial charge in [-0.05, 0) is 35.4 Å². The van der Waals surface area contributed by atoms with E-state index in [9.17, 15) is 0 Å². The van der Waals surface area contributed by atoms with Gasteiger partial charge in [0.15, 0.2) is 0 Å². The van der Waals surface area contributed by atoms with Crippen molar-refractivity contribution >= 4 is 10.8 Å². The normalized spacial score (nSPS) is 20.2. The maximum atomic E-state index is 6.00. The fourth-order valence-electron chi connectivity index (χ4n) is 3.41. The average molecular weight is 283 g/mol. The van der Waals surface area contributed by atoms with Crippen LogP contribution in [0.2, 0.25) is 0 Å². The monoisotopic (exact) mass is 283 g/mol. The molecule has 3 heteroatoms. The molecule has 2 heterocycles. The molecule has 2 saturated heterocycles. The van der Waals surface area contributed by atoms with Gasteiger partial charge in [0.25, 0.3) is 0 Å². The second-order valence-corrected chi connectivity index (χ2v) is 6.52. The molecular weight excluding hydrogens is 262 g/mol. The molecule has 2 aliphatic rings. The summed E-state index contributed by atoms with van der Waals surface area (Å²) in [6.45, 7) is 8.14. The van der Waals surface area contributed by atoms with E-state index in [-0.39, 0.29) is 0 Å². The van der Waals surface area contributed by atoms with Crippen LogP contribution < -0.4 is 4.74 Å². The Kier molecular flexibility index (Phi) is 3.12. The summed E-state index contributed by atoms with van der Waals surface area (Å²) in [5.74, 6) is 1.01. The molecule has 4 rings (SSSR count). The van der Waals surface area contributed by atoms with Crippen molar-refractivity contribution in [2.75, 3.05) is 39.5 Å². The van der Waals surface area contributed by atoms with Crippen molar-refractivity contribution in [2.24, 2.45) is 5.41 Å². The number of hydrogen-bond acceptors (Lipinski definition) is 3. The molecular formula is C18H21NO2. The van der Waals surface area contributed by atoms with Gasteiger partial charge in [0.2, 0.25) is 0 Å². The van der Waals surface area contributed by atoms with Crippen LogP contribution in [0.5, 0.6) is 5.75 Å². The van der Waals surface area contributed by atoms with Crippen LogP contribution in [-0.2, 0) is 4.74 Å². The van der Waals surface area contributed by atoms with Crippen molar-refractivity contribution < 1.29 is 9.47 Å². The number of fused-ring (bicyclic) bond motifs is 1. The van der Waals surface area contributed by atoms with Crippen molar-refractivity contribution in [1.82, 2.24) is 4.90 Å². The Morgan fingerprint density at radius 3 is 2.52 bits per heavy atom. The van der Waals surface area contributed by atoms with Crippen LogP contribution in [0.25, 0.3) is 10.8 Å². The zero-order valence-electron chi connectivity index (χ0n) is 12.5. The lowest BCUT2D eigenvalue weighted by atomic mass is 9.78. The summed E-state index contributed by atoms with van der Waals surface area (Å²) in [4.78, 5) is 2.46. The number of hydrogen-bond donors (Lipinski definition) is 0. The molecule has 0 atom stereocenters. The molecule has 0 unspecified atom stereocenters. The number of nitrogens with zero attached hydrogens (tertiary/aromatic N) is 1. The summed E-state index contributed by atoms with van der Waals surface area (Å²) in [5.41, 5.74) is 1.71. The lowest BCUT2D eigenvalue weighted by Crippen LogP contribution is -2.66. The van der Waals surface area contributed by atoms with E-state index in [2.05, 4.69) is 48.2 Å². The van der Waals surface area contributed by atoms with Gasteiger partial charge in [0.1, 0.15) is 12.4 Å². The van der Waals surface area contributed by atoms with Gasteiger partial charge in [-0.1, -0.05) is 24.3 Å². The predicted octanol–water partition coefficient (Wildman–Crippen LogP) is 2.86. The molecule has 0 aromatic heterocycles. The maximum Gasteiger partial charge on any atom is 0.122 e. The number of likely N-dealkylation sites (tertiary alicyclic amines) is 1. The molecule has 0 N–H and O–H groups in total.